The average Bonchev–Trinajstić information content (AvgIpc) is 3.33. The predicted octanol–water partition coefficient (Wildman–Crippen LogP) is 5.26. The van der Waals surface area contributed by atoms with E-state index in [-0.39, 0.29) is 27.9 Å². The highest BCUT2D eigenvalue weighted by Gasteiger charge is 2.24. The Kier molecular flexibility index (Phi) is 7.12. The van der Waals surface area contributed by atoms with Crippen LogP contribution < -0.4 is 21.3 Å². The molecule has 2 amide bonds. The summed E-state index contributed by atoms with van der Waals surface area (Å²) in [5, 5.41) is 5.65. The summed E-state index contributed by atoms with van der Waals surface area (Å²) in [6.07, 6.45) is 1.50. The standard InChI is InChI=1S/C24H20ClF2N7O2S/c25-13-4-5-16(15(26)12-13)31-23(35)32-17-3-1-2-14(19(17)27)21-20(18-6-7-29-22(28)30-18)33-24(37-21)34-8-10-36-11-9-34/h1-7,12H,8-11H2,(H2,28,29,30)(H2,31,32,35). The van der Waals surface area contributed by atoms with E-state index < -0.39 is 17.7 Å². The minimum atomic E-state index is -0.820. The Labute approximate surface area is 219 Å². The number of nitrogens with zero attached hydrogens (tertiary/aromatic N) is 4. The second-order valence-electron chi connectivity index (χ2n) is 7.94. The van der Waals surface area contributed by atoms with Gasteiger partial charge in [-0.3, -0.25) is 0 Å². The van der Waals surface area contributed by atoms with E-state index in [0.29, 0.717) is 47.7 Å². The van der Waals surface area contributed by atoms with Gasteiger partial charge in [-0.05, 0) is 30.3 Å². The number of nitrogen functional groups attached to an aromatic ring is 1. The third-order valence-corrected chi connectivity index (χ3v) is 6.87. The van der Waals surface area contributed by atoms with Crippen LogP contribution in [0.5, 0.6) is 0 Å². The molecule has 4 aromatic rings. The summed E-state index contributed by atoms with van der Waals surface area (Å²) in [6.45, 7) is 2.40. The first kappa shape index (κ1) is 24.8. The Morgan fingerprint density at radius 2 is 1.86 bits per heavy atom. The fourth-order valence-electron chi connectivity index (χ4n) is 3.73. The zero-order valence-corrected chi connectivity index (χ0v) is 20.7. The highest BCUT2D eigenvalue weighted by molar-refractivity contribution is 7.19. The van der Waals surface area contributed by atoms with Gasteiger partial charge < -0.3 is 26.0 Å². The van der Waals surface area contributed by atoms with Gasteiger partial charge in [-0.15, -0.1) is 0 Å². The molecule has 0 unspecified atom stereocenters. The maximum absolute atomic E-state index is 15.8. The van der Waals surface area contributed by atoms with Gasteiger partial charge in [0.05, 0.1) is 35.2 Å². The Morgan fingerprint density at radius 3 is 2.62 bits per heavy atom. The lowest BCUT2D eigenvalue weighted by atomic mass is 10.1. The third kappa shape index (κ3) is 5.45. The van der Waals surface area contributed by atoms with Crippen molar-refractivity contribution >= 4 is 51.4 Å². The molecule has 2 aromatic heterocycles. The van der Waals surface area contributed by atoms with Crippen molar-refractivity contribution in [1.82, 2.24) is 15.0 Å². The Morgan fingerprint density at radius 1 is 1.08 bits per heavy atom. The number of anilines is 4. The van der Waals surface area contributed by atoms with Gasteiger partial charge in [0.1, 0.15) is 11.5 Å². The van der Waals surface area contributed by atoms with Gasteiger partial charge in [0.2, 0.25) is 5.95 Å². The quantitative estimate of drug-likeness (QED) is 0.314. The van der Waals surface area contributed by atoms with Crippen LogP contribution in [0.1, 0.15) is 0 Å². The van der Waals surface area contributed by atoms with Gasteiger partial charge in [-0.25, -0.2) is 28.5 Å². The number of hydrogen-bond donors (Lipinski definition) is 3. The smallest absolute Gasteiger partial charge is 0.323 e. The van der Waals surface area contributed by atoms with Crippen molar-refractivity contribution in [3.05, 3.63) is 65.3 Å². The van der Waals surface area contributed by atoms with Crippen molar-refractivity contribution in [1.29, 1.82) is 0 Å². The number of ether oxygens (including phenoxy) is 1. The first-order valence-electron chi connectivity index (χ1n) is 11.1. The second kappa shape index (κ2) is 10.6. The molecular weight excluding hydrogens is 524 g/mol. The second-order valence-corrected chi connectivity index (χ2v) is 9.36. The largest absolute Gasteiger partial charge is 0.378 e. The van der Waals surface area contributed by atoms with Gasteiger partial charge >= 0.3 is 6.03 Å². The topological polar surface area (TPSA) is 118 Å². The number of halogens is 3. The number of hydrogen-bond acceptors (Lipinski definition) is 8. The molecule has 9 nitrogen and oxygen atoms in total. The lowest BCUT2D eigenvalue weighted by Gasteiger charge is -2.26. The van der Waals surface area contributed by atoms with Crippen LogP contribution in [-0.4, -0.2) is 47.3 Å². The van der Waals surface area contributed by atoms with Crippen LogP contribution in [0, 0.1) is 11.6 Å². The number of thiazole rings is 1. The predicted molar refractivity (Wildman–Crippen MR) is 140 cm³/mol. The number of carbonyl (C=O) groups is 1. The monoisotopic (exact) mass is 543 g/mol. The SMILES string of the molecule is Nc1nccc(-c2nc(N3CCOCC3)sc2-c2cccc(NC(=O)Nc3ccc(Cl)cc3F)c2F)n1. The van der Waals surface area contributed by atoms with E-state index in [4.69, 9.17) is 27.1 Å². The fourth-order valence-corrected chi connectivity index (χ4v) is 5.04. The van der Waals surface area contributed by atoms with Crippen molar-refractivity contribution < 1.29 is 18.3 Å². The van der Waals surface area contributed by atoms with Gasteiger partial charge in [-0.1, -0.05) is 35.1 Å². The number of nitrogens with two attached hydrogens (primary N) is 1. The Bertz CT molecular complexity index is 1460. The maximum Gasteiger partial charge on any atom is 0.323 e. The molecule has 5 rings (SSSR count). The molecule has 0 spiro atoms. The van der Waals surface area contributed by atoms with E-state index >= 15 is 4.39 Å². The molecule has 0 bridgehead atoms. The minimum absolute atomic E-state index is 0.0614. The van der Waals surface area contributed by atoms with E-state index in [9.17, 15) is 9.18 Å². The van der Waals surface area contributed by atoms with Crippen molar-refractivity contribution in [2.45, 2.75) is 0 Å². The summed E-state index contributed by atoms with van der Waals surface area (Å²) in [5.41, 5.74) is 6.67. The molecule has 0 aliphatic carbocycles. The highest BCUT2D eigenvalue weighted by atomic mass is 35.5. The van der Waals surface area contributed by atoms with Gasteiger partial charge in [0.15, 0.2) is 10.9 Å². The zero-order valence-electron chi connectivity index (χ0n) is 19.2. The van der Waals surface area contributed by atoms with Crippen molar-refractivity contribution in [3.63, 3.8) is 0 Å². The summed E-state index contributed by atoms with van der Waals surface area (Å²) in [5.74, 6) is -1.34. The molecule has 1 fully saturated rings. The number of urea groups is 1. The normalized spacial score (nSPS) is 13.4. The average molecular weight is 544 g/mol. The molecule has 1 aliphatic rings. The van der Waals surface area contributed by atoms with Crippen molar-refractivity contribution in [2.75, 3.05) is 47.6 Å². The summed E-state index contributed by atoms with van der Waals surface area (Å²) < 4.78 is 35.3. The molecule has 2 aromatic carbocycles. The number of amides is 2. The lowest BCUT2D eigenvalue weighted by Crippen LogP contribution is -2.36. The van der Waals surface area contributed by atoms with E-state index in [1.165, 1.54) is 35.7 Å². The van der Waals surface area contributed by atoms with Crippen LogP contribution in [0.2, 0.25) is 5.02 Å². The first-order valence-corrected chi connectivity index (χ1v) is 12.3. The summed E-state index contributed by atoms with van der Waals surface area (Å²) >= 11 is 7.05. The molecule has 4 N–H and O–H groups in total. The van der Waals surface area contributed by atoms with Crippen LogP contribution in [-0.2, 0) is 4.74 Å². The van der Waals surface area contributed by atoms with Crippen molar-refractivity contribution in [3.8, 4) is 21.8 Å². The van der Waals surface area contributed by atoms with Gasteiger partial charge in [0, 0.05) is 29.9 Å². The first-order chi connectivity index (χ1) is 17.9. The molecule has 37 heavy (non-hydrogen) atoms. The van der Waals surface area contributed by atoms with Gasteiger partial charge in [0.25, 0.3) is 0 Å². The maximum atomic E-state index is 15.8. The number of aromatic nitrogens is 3. The lowest BCUT2D eigenvalue weighted by molar-refractivity contribution is 0.122. The van der Waals surface area contributed by atoms with E-state index in [1.54, 1.807) is 18.2 Å². The van der Waals surface area contributed by atoms with Crippen LogP contribution in [0.15, 0.2) is 48.7 Å². The summed E-state index contributed by atoms with van der Waals surface area (Å²) in [4.78, 5) is 28.0. The molecule has 1 saturated heterocycles. The number of rotatable bonds is 5. The summed E-state index contributed by atoms with van der Waals surface area (Å²) in [6, 6.07) is 9.22. The van der Waals surface area contributed by atoms with Crippen LogP contribution >= 0.6 is 22.9 Å². The molecule has 1 aliphatic heterocycles. The molecule has 13 heteroatoms. The number of nitrogens with one attached hydrogen (secondary N) is 2. The molecule has 190 valence electrons. The van der Waals surface area contributed by atoms with E-state index in [2.05, 4.69) is 25.5 Å². The minimum Gasteiger partial charge on any atom is -0.378 e. The van der Waals surface area contributed by atoms with E-state index in [0.717, 1.165) is 6.07 Å². The molecule has 3 heterocycles. The molecular formula is C24H20ClF2N7O2S. The number of morpholine rings is 1. The van der Waals surface area contributed by atoms with E-state index in [1.807, 2.05) is 0 Å². The number of carbonyl (C=O) groups excluding carboxylic acids is 1. The number of benzene rings is 2. The highest BCUT2D eigenvalue weighted by Crippen LogP contribution is 2.42. The Balaban J connectivity index is 1.49. The molecule has 0 saturated carbocycles. The summed E-state index contributed by atoms with van der Waals surface area (Å²) in [7, 11) is 0. The third-order valence-electron chi connectivity index (χ3n) is 5.49. The van der Waals surface area contributed by atoms with Crippen LogP contribution in [0.3, 0.4) is 0 Å². The van der Waals surface area contributed by atoms with Crippen LogP contribution in [0.4, 0.5) is 36.0 Å². The van der Waals surface area contributed by atoms with Crippen LogP contribution in [0.25, 0.3) is 21.8 Å². The van der Waals surface area contributed by atoms with Gasteiger partial charge in [-0.2, -0.15) is 0 Å². The zero-order chi connectivity index (χ0) is 25.9. The Hall–Kier alpha value is -3.87. The van der Waals surface area contributed by atoms with Crippen molar-refractivity contribution in [2.24, 2.45) is 0 Å². The fraction of sp³-hybridized carbons (Fsp3) is 0.167. The molecule has 0 radical (unpaired) electrons. The molecule has 0 atom stereocenters.